The Morgan fingerprint density at radius 1 is 0.706 bits per heavy atom. The average Bonchev–Trinajstić information content (AvgIpc) is 2.90. The highest BCUT2D eigenvalue weighted by Gasteiger charge is 2.34. The minimum Gasteiger partial charge on any atom is -0.371 e. The van der Waals surface area contributed by atoms with Crippen LogP contribution in [0.2, 0.25) is 0 Å². The number of hydrogen-bond acceptors (Lipinski definition) is 2. The molecule has 2 nitrogen and oxygen atoms in total. The molecule has 168 valence electrons. The van der Waals surface area contributed by atoms with Crippen molar-refractivity contribution in [3.63, 3.8) is 0 Å². The summed E-state index contributed by atoms with van der Waals surface area (Å²) in [5.41, 5.74) is 9.26. The molecule has 34 heavy (non-hydrogen) atoms. The molecule has 0 saturated heterocycles. The maximum atomic E-state index is 4.97. The van der Waals surface area contributed by atoms with Gasteiger partial charge < -0.3 is 4.90 Å². The van der Waals surface area contributed by atoms with Crippen LogP contribution in [0.4, 0.5) is 11.4 Å². The molecule has 4 aromatic carbocycles. The largest absolute Gasteiger partial charge is 0.371 e. The van der Waals surface area contributed by atoms with Gasteiger partial charge in [-0.05, 0) is 64.9 Å². The van der Waals surface area contributed by atoms with Gasteiger partial charge in [-0.2, -0.15) is 0 Å². The number of anilines is 1. The molecule has 2 heterocycles. The van der Waals surface area contributed by atoms with Crippen molar-refractivity contribution in [3.8, 4) is 0 Å². The molecule has 0 amide bonds. The molecule has 3 heteroatoms. The maximum Gasteiger partial charge on any atom is 0.0637 e. The smallest absolute Gasteiger partial charge is 0.0637 e. The van der Waals surface area contributed by atoms with Crippen molar-refractivity contribution in [3.05, 3.63) is 129 Å². The van der Waals surface area contributed by atoms with Crippen molar-refractivity contribution in [1.29, 1.82) is 0 Å². The van der Waals surface area contributed by atoms with Crippen LogP contribution in [0.3, 0.4) is 0 Å². The third kappa shape index (κ3) is 4.10. The van der Waals surface area contributed by atoms with Gasteiger partial charge >= 0.3 is 0 Å². The molecule has 6 rings (SSSR count). The minimum atomic E-state index is 0.406. The third-order valence-electron chi connectivity index (χ3n) is 7.23. The van der Waals surface area contributed by atoms with Gasteiger partial charge in [-0.1, -0.05) is 88.7 Å². The van der Waals surface area contributed by atoms with E-state index in [1.807, 2.05) is 6.21 Å². The maximum absolute atomic E-state index is 4.97. The van der Waals surface area contributed by atoms with Crippen LogP contribution in [0.25, 0.3) is 0 Å². The minimum absolute atomic E-state index is 0.406. The highest BCUT2D eigenvalue weighted by molar-refractivity contribution is 9.10. The van der Waals surface area contributed by atoms with Crippen LogP contribution in [0.1, 0.15) is 52.5 Å². The van der Waals surface area contributed by atoms with Crippen LogP contribution in [0, 0.1) is 0 Å². The lowest BCUT2D eigenvalue weighted by Crippen LogP contribution is -2.37. The number of nitrogens with zero attached hydrogens (tertiary/aromatic N) is 2. The van der Waals surface area contributed by atoms with Crippen LogP contribution in [0.5, 0.6) is 0 Å². The molecular weight excluding hydrogens is 480 g/mol. The summed E-state index contributed by atoms with van der Waals surface area (Å²) in [4.78, 5) is 7.59. The van der Waals surface area contributed by atoms with Crippen LogP contribution in [-0.2, 0) is 0 Å². The van der Waals surface area contributed by atoms with Crippen LogP contribution in [0.15, 0.2) is 107 Å². The Labute approximate surface area is 210 Å². The highest BCUT2D eigenvalue weighted by Crippen LogP contribution is 2.49. The predicted octanol–water partition coefficient (Wildman–Crippen LogP) is 8.08. The SMILES string of the molecule is Brc1ccc(C=Nc2cc3c4c(c2)[C@H](c2ccccc2)CCN4CC[C@H]3c2ccccc2)cc1. The first kappa shape index (κ1) is 21.4. The lowest BCUT2D eigenvalue weighted by molar-refractivity contribution is 0.571. The molecule has 0 aromatic heterocycles. The lowest BCUT2D eigenvalue weighted by atomic mass is 9.76. The predicted molar refractivity (Wildman–Crippen MR) is 146 cm³/mol. The molecule has 0 fully saturated rings. The Kier molecular flexibility index (Phi) is 5.80. The second-order valence-corrected chi connectivity index (χ2v) is 10.2. The van der Waals surface area contributed by atoms with E-state index in [1.165, 1.54) is 27.9 Å². The van der Waals surface area contributed by atoms with E-state index in [9.17, 15) is 0 Å². The van der Waals surface area contributed by atoms with Crippen molar-refractivity contribution in [2.24, 2.45) is 4.99 Å². The van der Waals surface area contributed by atoms with E-state index in [4.69, 9.17) is 4.99 Å². The van der Waals surface area contributed by atoms with Gasteiger partial charge in [-0.15, -0.1) is 0 Å². The van der Waals surface area contributed by atoms with Gasteiger partial charge in [0.25, 0.3) is 0 Å². The zero-order chi connectivity index (χ0) is 22.9. The zero-order valence-corrected chi connectivity index (χ0v) is 20.7. The summed E-state index contributed by atoms with van der Waals surface area (Å²) < 4.78 is 1.08. The average molecular weight is 507 g/mol. The molecule has 2 atom stereocenters. The van der Waals surface area contributed by atoms with E-state index < -0.39 is 0 Å². The van der Waals surface area contributed by atoms with Crippen LogP contribution < -0.4 is 4.90 Å². The molecule has 0 N–H and O–H groups in total. The number of benzene rings is 4. The second kappa shape index (κ2) is 9.23. The summed E-state index contributed by atoms with van der Waals surface area (Å²) in [5.74, 6) is 0.812. The standard InChI is InChI=1S/C31H27BrN2/c32-25-13-11-22(12-14-25)21-33-26-19-29-27(23-7-3-1-4-8-23)15-17-34-18-16-28(30(20-26)31(29)34)24-9-5-2-6-10-24/h1-14,19-21,27-28H,15-18H2/t27-,28-/m0/s1. The molecule has 0 saturated carbocycles. The van der Waals surface area contributed by atoms with E-state index in [1.54, 1.807) is 0 Å². The highest BCUT2D eigenvalue weighted by atomic mass is 79.9. The third-order valence-corrected chi connectivity index (χ3v) is 7.76. The number of rotatable bonds is 4. The van der Waals surface area contributed by atoms with Crippen molar-refractivity contribution in [1.82, 2.24) is 0 Å². The first-order chi connectivity index (χ1) is 16.8. The molecule has 0 bridgehead atoms. The molecule has 2 aliphatic rings. The first-order valence-corrected chi connectivity index (χ1v) is 12.9. The molecular formula is C31H27BrN2. The van der Waals surface area contributed by atoms with Crippen LogP contribution in [-0.4, -0.2) is 19.3 Å². The normalized spacial score (nSPS) is 19.3. The fourth-order valence-electron chi connectivity index (χ4n) is 5.61. The lowest BCUT2D eigenvalue weighted by Gasteiger charge is -2.43. The summed E-state index contributed by atoms with van der Waals surface area (Å²) in [5, 5.41) is 0. The van der Waals surface area contributed by atoms with Crippen molar-refractivity contribution < 1.29 is 0 Å². The van der Waals surface area contributed by atoms with E-state index in [0.29, 0.717) is 11.8 Å². The Hall–Kier alpha value is -3.17. The summed E-state index contributed by atoms with van der Waals surface area (Å²) >= 11 is 3.52. The molecule has 4 aromatic rings. The topological polar surface area (TPSA) is 15.6 Å². The Bertz CT molecular complexity index is 1240. The van der Waals surface area contributed by atoms with E-state index in [2.05, 4.69) is 118 Å². The van der Waals surface area contributed by atoms with Crippen LogP contribution >= 0.6 is 15.9 Å². The molecule has 0 spiro atoms. The van der Waals surface area contributed by atoms with Gasteiger partial charge in [0, 0.05) is 41.3 Å². The molecule has 2 aliphatic heterocycles. The number of halogens is 1. The van der Waals surface area contributed by atoms with Gasteiger partial charge in [0.15, 0.2) is 0 Å². The van der Waals surface area contributed by atoms with E-state index in [-0.39, 0.29) is 0 Å². The zero-order valence-electron chi connectivity index (χ0n) is 19.1. The van der Waals surface area contributed by atoms with Gasteiger partial charge in [0.2, 0.25) is 0 Å². The summed E-state index contributed by atoms with van der Waals surface area (Å²) in [7, 11) is 0. The number of hydrogen-bond donors (Lipinski definition) is 0. The summed E-state index contributed by atoms with van der Waals surface area (Å²) in [6.07, 6.45) is 4.28. The van der Waals surface area contributed by atoms with Crippen molar-refractivity contribution in [2.75, 3.05) is 18.0 Å². The fraction of sp³-hybridized carbons (Fsp3) is 0.194. The summed E-state index contributed by atoms with van der Waals surface area (Å²) in [6, 6.07) is 35.0. The first-order valence-electron chi connectivity index (χ1n) is 12.1. The Morgan fingerprint density at radius 3 is 1.76 bits per heavy atom. The quantitative estimate of drug-likeness (QED) is 0.255. The number of aliphatic imine (C=N–C) groups is 1. The molecule has 0 radical (unpaired) electrons. The van der Waals surface area contributed by atoms with Crippen molar-refractivity contribution >= 4 is 33.5 Å². The van der Waals surface area contributed by atoms with E-state index in [0.717, 1.165) is 41.7 Å². The van der Waals surface area contributed by atoms with Gasteiger partial charge in [-0.25, -0.2) is 0 Å². The Morgan fingerprint density at radius 2 is 1.24 bits per heavy atom. The second-order valence-electron chi connectivity index (χ2n) is 9.27. The monoisotopic (exact) mass is 506 g/mol. The molecule has 0 aliphatic carbocycles. The molecule has 0 unspecified atom stereocenters. The van der Waals surface area contributed by atoms with E-state index >= 15 is 0 Å². The van der Waals surface area contributed by atoms with Crippen molar-refractivity contribution in [2.45, 2.75) is 24.7 Å². The summed E-state index contributed by atoms with van der Waals surface area (Å²) in [6.45, 7) is 2.23. The van der Waals surface area contributed by atoms with Gasteiger partial charge in [-0.3, -0.25) is 4.99 Å². The fourth-order valence-corrected chi connectivity index (χ4v) is 5.88. The van der Waals surface area contributed by atoms with Gasteiger partial charge in [0.05, 0.1) is 5.69 Å². The Balaban J connectivity index is 1.49. The van der Waals surface area contributed by atoms with Gasteiger partial charge in [0.1, 0.15) is 0 Å².